The fraction of sp³-hybridized carbons (Fsp3) is 0.538. The fourth-order valence-corrected chi connectivity index (χ4v) is 4.93. The van der Waals surface area contributed by atoms with Crippen molar-refractivity contribution in [2.75, 3.05) is 34.0 Å². The molecule has 0 unspecified atom stereocenters. The van der Waals surface area contributed by atoms with Crippen LogP contribution < -0.4 is 9.47 Å². The van der Waals surface area contributed by atoms with E-state index >= 15 is 0 Å². The van der Waals surface area contributed by atoms with Gasteiger partial charge in [-0.3, -0.25) is 0 Å². The van der Waals surface area contributed by atoms with Crippen LogP contribution in [0.2, 0.25) is 0 Å². The van der Waals surface area contributed by atoms with E-state index in [1.807, 2.05) is 0 Å². The van der Waals surface area contributed by atoms with E-state index < -0.39 is 43.4 Å². The van der Waals surface area contributed by atoms with Gasteiger partial charge in [0.2, 0.25) is 0 Å². The molecule has 2 heterocycles. The van der Waals surface area contributed by atoms with Crippen molar-refractivity contribution in [3.05, 3.63) is 47.5 Å². The number of benzene rings is 2. The van der Waals surface area contributed by atoms with Crippen molar-refractivity contribution in [2.45, 2.75) is 43.2 Å². The highest BCUT2D eigenvalue weighted by atomic mass is 16.7. The molecule has 2 saturated heterocycles. The van der Waals surface area contributed by atoms with Crippen LogP contribution in [0.25, 0.3) is 0 Å². The minimum absolute atomic E-state index is 0.00824. The first-order chi connectivity index (χ1) is 17.8. The van der Waals surface area contributed by atoms with Crippen LogP contribution in [0.5, 0.6) is 23.0 Å². The Bertz CT molecular complexity index is 1050. The lowest BCUT2D eigenvalue weighted by molar-refractivity contribution is -0.304. The van der Waals surface area contributed by atoms with Crippen LogP contribution in [-0.4, -0.2) is 95.4 Å². The van der Waals surface area contributed by atoms with E-state index in [1.165, 1.54) is 20.3 Å². The number of aliphatic hydroxyl groups is 4. The van der Waals surface area contributed by atoms with Gasteiger partial charge in [0.1, 0.15) is 24.4 Å². The summed E-state index contributed by atoms with van der Waals surface area (Å²) in [4.78, 5) is 0. The molecule has 4 rings (SSSR count). The van der Waals surface area contributed by atoms with Crippen molar-refractivity contribution in [3.8, 4) is 23.0 Å². The first-order valence-electron chi connectivity index (χ1n) is 12.0. The summed E-state index contributed by atoms with van der Waals surface area (Å²) in [6, 6.07) is 10.0. The van der Waals surface area contributed by atoms with Crippen LogP contribution in [0, 0.1) is 11.8 Å². The molecule has 2 aromatic rings. The molecular formula is C26H34O11. The average molecular weight is 523 g/mol. The number of methoxy groups -OCH3 is 2. The van der Waals surface area contributed by atoms with Gasteiger partial charge in [-0.1, -0.05) is 12.1 Å². The van der Waals surface area contributed by atoms with Gasteiger partial charge in [0.05, 0.1) is 40.1 Å². The first-order valence-corrected chi connectivity index (χ1v) is 12.0. The molecule has 2 fully saturated rings. The normalized spacial score (nSPS) is 31.8. The molecule has 0 aromatic heterocycles. The number of ether oxygens (including phenoxy) is 5. The lowest BCUT2D eigenvalue weighted by Crippen LogP contribution is -2.59. The smallest absolute Gasteiger partial charge is 0.186 e. The molecule has 0 radical (unpaired) electrons. The summed E-state index contributed by atoms with van der Waals surface area (Å²) < 4.78 is 28.1. The Hall–Kier alpha value is -2.64. The van der Waals surface area contributed by atoms with Crippen molar-refractivity contribution in [2.24, 2.45) is 11.8 Å². The molecule has 2 aliphatic rings. The standard InChI is InChI=1S/C26H34O11/c1-33-19-8-13(3-5-17(19)28)7-15-11-35-25(14-4-6-18(29)20(9-14)34-2)16(15)12-36-26-24(32)23(31)22(30)21(10-27)37-26/h3-6,8-9,15-16,21-32H,7,10-12H2,1-2H3/t15-,16-,21+,22+,23-,24+,25+,26-/m0/s1. The number of phenols is 2. The second-order valence-corrected chi connectivity index (χ2v) is 9.35. The zero-order chi connectivity index (χ0) is 26.7. The number of hydrogen-bond donors (Lipinski definition) is 6. The van der Waals surface area contributed by atoms with Gasteiger partial charge in [-0.2, -0.15) is 0 Å². The number of rotatable bonds is 9. The van der Waals surface area contributed by atoms with E-state index in [0.717, 1.165) is 11.1 Å². The topological polar surface area (TPSA) is 168 Å². The summed E-state index contributed by atoms with van der Waals surface area (Å²) in [7, 11) is 2.93. The van der Waals surface area contributed by atoms with E-state index in [9.17, 15) is 30.6 Å². The number of phenolic OH excluding ortho intramolecular Hbond substituents is 2. The van der Waals surface area contributed by atoms with Crippen LogP contribution in [0.3, 0.4) is 0 Å². The predicted octanol–water partition coefficient (Wildman–Crippen LogP) is 0.478. The fourth-order valence-electron chi connectivity index (χ4n) is 4.93. The summed E-state index contributed by atoms with van der Waals surface area (Å²) in [6.07, 6.45) is -6.81. The Morgan fingerprint density at radius 1 is 0.892 bits per heavy atom. The molecule has 8 atom stereocenters. The Labute approximate surface area is 214 Å². The molecule has 204 valence electrons. The third kappa shape index (κ3) is 5.78. The monoisotopic (exact) mass is 522 g/mol. The number of hydrogen-bond acceptors (Lipinski definition) is 11. The van der Waals surface area contributed by atoms with Gasteiger partial charge in [0.25, 0.3) is 0 Å². The highest BCUT2D eigenvalue weighted by molar-refractivity contribution is 5.43. The van der Waals surface area contributed by atoms with Crippen molar-refractivity contribution in [1.29, 1.82) is 0 Å². The number of aliphatic hydroxyl groups excluding tert-OH is 4. The summed E-state index contributed by atoms with van der Waals surface area (Å²) in [6.45, 7) is -0.130. The molecular weight excluding hydrogens is 488 g/mol. The van der Waals surface area contributed by atoms with Crippen molar-refractivity contribution < 1.29 is 54.3 Å². The minimum Gasteiger partial charge on any atom is -0.504 e. The molecule has 6 N–H and O–H groups in total. The molecule has 2 aliphatic heterocycles. The third-order valence-electron chi connectivity index (χ3n) is 7.06. The van der Waals surface area contributed by atoms with Crippen LogP contribution in [-0.2, 0) is 20.6 Å². The maximum atomic E-state index is 10.4. The molecule has 0 aliphatic carbocycles. The van der Waals surface area contributed by atoms with Crippen molar-refractivity contribution >= 4 is 0 Å². The first kappa shape index (κ1) is 27.4. The van der Waals surface area contributed by atoms with E-state index in [4.69, 9.17) is 23.7 Å². The number of aromatic hydroxyl groups is 2. The molecule has 0 bridgehead atoms. The zero-order valence-corrected chi connectivity index (χ0v) is 20.6. The predicted molar refractivity (Wildman–Crippen MR) is 128 cm³/mol. The van der Waals surface area contributed by atoms with E-state index in [0.29, 0.717) is 24.5 Å². The lowest BCUT2D eigenvalue weighted by Gasteiger charge is -2.40. The van der Waals surface area contributed by atoms with Gasteiger partial charge in [-0.15, -0.1) is 0 Å². The molecule has 37 heavy (non-hydrogen) atoms. The Morgan fingerprint density at radius 3 is 2.24 bits per heavy atom. The van der Waals surface area contributed by atoms with Gasteiger partial charge in [-0.25, -0.2) is 0 Å². The Balaban J connectivity index is 1.57. The molecule has 11 nitrogen and oxygen atoms in total. The zero-order valence-electron chi connectivity index (χ0n) is 20.6. The second-order valence-electron chi connectivity index (χ2n) is 9.35. The van der Waals surface area contributed by atoms with Gasteiger partial charge >= 0.3 is 0 Å². The van der Waals surface area contributed by atoms with Gasteiger partial charge in [-0.05, 0) is 47.7 Å². The quantitative estimate of drug-likeness (QED) is 0.271. The maximum absolute atomic E-state index is 10.4. The Morgan fingerprint density at radius 2 is 1.57 bits per heavy atom. The van der Waals surface area contributed by atoms with Crippen LogP contribution in [0.15, 0.2) is 36.4 Å². The van der Waals surface area contributed by atoms with Crippen molar-refractivity contribution in [3.63, 3.8) is 0 Å². The molecule has 0 saturated carbocycles. The summed E-state index contributed by atoms with van der Waals surface area (Å²) in [5, 5.41) is 60.0. The highest BCUT2D eigenvalue weighted by Gasteiger charge is 2.45. The lowest BCUT2D eigenvalue weighted by atomic mass is 9.84. The van der Waals surface area contributed by atoms with Gasteiger partial charge in [0.15, 0.2) is 29.3 Å². The molecule has 0 spiro atoms. The molecule has 2 aromatic carbocycles. The summed E-state index contributed by atoms with van der Waals surface area (Å²) >= 11 is 0. The second kappa shape index (κ2) is 11.8. The van der Waals surface area contributed by atoms with E-state index in [2.05, 4.69) is 0 Å². The molecule has 0 amide bonds. The summed E-state index contributed by atoms with van der Waals surface area (Å²) in [5.41, 5.74) is 1.66. The van der Waals surface area contributed by atoms with Crippen LogP contribution >= 0.6 is 0 Å². The highest BCUT2D eigenvalue weighted by Crippen LogP contribution is 2.43. The molecule has 11 heteroatoms. The SMILES string of the molecule is COc1cc(C[C@H]2CO[C@H](c3ccc(O)c(OC)c3)[C@H]2CO[C@H]2O[C@H](CO)[C@@H](O)[C@H](O)[C@H]2O)ccc1O. The van der Waals surface area contributed by atoms with Gasteiger partial charge in [0, 0.05) is 5.92 Å². The van der Waals surface area contributed by atoms with Gasteiger partial charge < -0.3 is 54.3 Å². The average Bonchev–Trinajstić information content (AvgIpc) is 3.30. The Kier molecular flexibility index (Phi) is 8.75. The van der Waals surface area contributed by atoms with Crippen molar-refractivity contribution in [1.82, 2.24) is 0 Å². The van der Waals surface area contributed by atoms with Crippen LogP contribution in [0.1, 0.15) is 17.2 Å². The maximum Gasteiger partial charge on any atom is 0.186 e. The minimum atomic E-state index is -1.55. The van der Waals surface area contributed by atoms with E-state index in [1.54, 1.807) is 30.3 Å². The largest absolute Gasteiger partial charge is 0.504 e. The third-order valence-corrected chi connectivity index (χ3v) is 7.06. The van der Waals surface area contributed by atoms with E-state index in [-0.39, 0.29) is 29.9 Å². The summed E-state index contributed by atoms with van der Waals surface area (Å²) in [5.74, 6) is 0.341. The van der Waals surface area contributed by atoms with Crippen LogP contribution in [0.4, 0.5) is 0 Å².